The van der Waals surface area contributed by atoms with Crippen LogP contribution in [0.4, 0.5) is 11.6 Å². The molecule has 2 rings (SSSR count). The first kappa shape index (κ1) is 14.1. The first-order valence-corrected chi connectivity index (χ1v) is 7.10. The highest BCUT2D eigenvalue weighted by Crippen LogP contribution is 2.33. The normalized spacial score (nSPS) is 16.2. The molecule has 0 aromatic carbocycles. The summed E-state index contributed by atoms with van der Waals surface area (Å²) in [6, 6.07) is 2.46. The van der Waals surface area contributed by atoms with Gasteiger partial charge in [-0.3, -0.25) is 0 Å². The molecule has 1 saturated carbocycles. The summed E-state index contributed by atoms with van der Waals surface area (Å²) < 4.78 is 5.13. The summed E-state index contributed by atoms with van der Waals surface area (Å²) in [6.45, 7) is 5.71. The minimum atomic E-state index is 0.439. The smallest absolute Gasteiger partial charge is 0.158 e. The van der Waals surface area contributed by atoms with Gasteiger partial charge < -0.3 is 15.4 Å². The standard InChI is InChI=1S/C14H24N4O/c1-4-7-15-12-8-13(16-10(2)11-5-6-11)18-14(17-12)9-19-3/h8,10-11H,4-7,9H2,1-3H3,(H2,15,16,17,18). The largest absolute Gasteiger partial charge is 0.377 e. The number of hydrogen-bond donors (Lipinski definition) is 2. The van der Waals surface area contributed by atoms with E-state index in [4.69, 9.17) is 4.74 Å². The summed E-state index contributed by atoms with van der Waals surface area (Å²) >= 11 is 0. The quantitative estimate of drug-likeness (QED) is 0.756. The maximum atomic E-state index is 5.13. The van der Waals surface area contributed by atoms with Crippen molar-refractivity contribution in [3.05, 3.63) is 11.9 Å². The van der Waals surface area contributed by atoms with Crippen molar-refractivity contribution in [1.29, 1.82) is 0 Å². The fourth-order valence-electron chi connectivity index (χ4n) is 2.06. The topological polar surface area (TPSA) is 59.1 Å². The minimum Gasteiger partial charge on any atom is -0.377 e. The average molecular weight is 264 g/mol. The first-order chi connectivity index (χ1) is 9.22. The number of aromatic nitrogens is 2. The van der Waals surface area contributed by atoms with Gasteiger partial charge in [-0.2, -0.15) is 0 Å². The Labute approximate surface area is 115 Å². The molecule has 5 nitrogen and oxygen atoms in total. The molecule has 0 aliphatic heterocycles. The molecule has 19 heavy (non-hydrogen) atoms. The van der Waals surface area contributed by atoms with Gasteiger partial charge in [-0.25, -0.2) is 9.97 Å². The molecule has 1 aliphatic carbocycles. The van der Waals surface area contributed by atoms with Crippen molar-refractivity contribution in [3.8, 4) is 0 Å². The second-order valence-electron chi connectivity index (χ2n) is 5.18. The average Bonchev–Trinajstić information content (AvgIpc) is 3.20. The number of hydrogen-bond acceptors (Lipinski definition) is 5. The van der Waals surface area contributed by atoms with Gasteiger partial charge in [0.2, 0.25) is 0 Å². The van der Waals surface area contributed by atoms with Crippen LogP contribution in [-0.4, -0.2) is 29.7 Å². The molecule has 106 valence electrons. The number of anilines is 2. The molecule has 1 aromatic heterocycles. The fourth-order valence-corrected chi connectivity index (χ4v) is 2.06. The van der Waals surface area contributed by atoms with Gasteiger partial charge in [-0.05, 0) is 32.1 Å². The monoisotopic (exact) mass is 264 g/mol. The van der Waals surface area contributed by atoms with Crippen LogP contribution in [0.5, 0.6) is 0 Å². The van der Waals surface area contributed by atoms with Crippen molar-refractivity contribution in [2.24, 2.45) is 5.92 Å². The summed E-state index contributed by atoms with van der Waals surface area (Å²) in [6.07, 6.45) is 3.72. The van der Waals surface area contributed by atoms with Crippen LogP contribution in [0.25, 0.3) is 0 Å². The number of ether oxygens (including phenoxy) is 1. The number of rotatable bonds is 8. The summed E-state index contributed by atoms with van der Waals surface area (Å²) in [4.78, 5) is 8.94. The van der Waals surface area contributed by atoms with E-state index in [0.717, 1.165) is 30.5 Å². The van der Waals surface area contributed by atoms with E-state index in [1.807, 2.05) is 6.07 Å². The number of nitrogens with one attached hydrogen (secondary N) is 2. The van der Waals surface area contributed by atoms with Crippen LogP contribution in [0, 0.1) is 5.92 Å². The SMILES string of the molecule is CCCNc1cc(NC(C)C2CC2)nc(COC)n1. The van der Waals surface area contributed by atoms with Crippen molar-refractivity contribution >= 4 is 11.6 Å². The molecule has 0 amide bonds. The predicted octanol–water partition coefficient (Wildman–Crippen LogP) is 2.66. The Bertz CT molecular complexity index is 406. The second kappa shape index (κ2) is 6.70. The molecule has 0 bridgehead atoms. The maximum absolute atomic E-state index is 5.13. The van der Waals surface area contributed by atoms with E-state index in [1.165, 1.54) is 12.8 Å². The van der Waals surface area contributed by atoms with Gasteiger partial charge in [0.15, 0.2) is 5.82 Å². The van der Waals surface area contributed by atoms with Crippen molar-refractivity contribution in [1.82, 2.24) is 9.97 Å². The van der Waals surface area contributed by atoms with E-state index in [9.17, 15) is 0 Å². The van der Waals surface area contributed by atoms with Crippen LogP contribution in [0.15, 0.2) is 6.07 Å². The molecule has 5 heteroatoms. The molecule has 1 atom stereocenters. The summed E-state index contributed by atoms with van der Waals surface area (Å²) in [5.74, 6) is 3.27. The van der Waals surface area contributed by atoms with E-state index in [1.54, 1.807) is 7.11 Å². The van der Waals surface area contributed by atoms with Gasteiger partial charge in [0, 0.05) is 25.8 Å². The van der Waals surface area contributed by atoms with Crippen LogP contribution in [0.3, 0.4) is 0 Å². The van der Waals surface area contributed by atoms with Gasteiger partial charge >= 0.3 is 0 Å². The highest BCUT2D eigenvalue weighted by molar-refractivity contribution is 5.48. The predicted molar refractivity (Wildman–Crippen MR) is 77.3 cm³/mol. The molecule has 1 aromatic rings. The van der Waals surface area contributed by atoms with Gasteiger partial charge in [0.25, 0.3) is 0 Å². The zero-order valence-electron chi connectivity index (χ0n) is 12.1. The Hall–Kier alpha value is -1.36. The van der Waals surface area contributed by atoms with E-state index in [-0.39, 0.29) is 0 Å². The second-order valence-corrected chi connectivity index (χ2v) is 5.18. The van der Waals surface area contributed by atoms with Crippen LogP contribution >= 0.6 is 0 Å². The van der Waals surface area contributed by atoms with E-state index in [0.29, 0.717) is 18.5 Å². The van der Waals surface area contributed by atoms with Gasteiger partial charge in [-0.15, -0.1) is 0 Å². The Kier molecular flexibility index (Phi) is 4.96. The van der Waals surface area contributed by atoms with Crippen LogP contribution in [0.2, 0.25) is 0 Å². The Balaban J connectivity index is 2.07. The highest BCUT2D eigenvalue weighted by atomic mass is 16.5. The lowest BCUT2D eigenvalue weighted by molar-refractivity contribution is 0.178. The van der Waals surface area contributed by atoms with Crippen molar-refractivity contribution in [3.63, 3.8) is 0 Å². The molecular weight excluding hydrogens is 240 g/mol. The van der Waals surface area contributed by atoms with Gasteiger partial charge in [-0.1, -0.05) is 6.92 Å². The number of nitrogens with zero attached hydrogens (tertiary/aromatic N) is 2. The highest BCUT2D eigenvalue weighted by Gasteiger charge is 2.28. The maximum Gasteiger partial charge on any atom is 0.158 e. The third-order valence-corrected chi connectivity index (χ3v) is 3.31. The molecule has 0 radical (unpaired) electrons. The van der Waals surface area contributed by atoms with Crippen molar-refractivity contribution in [2.45, 2.75) is 45.8 Å². The molecule has 1 fully saturated rings. The molecule has 1 aliphatic rings. The van der Waals surface area contributed by atoms with E-state index < -0.39 is 0 Å². The third-order valence-electron chi connectivity index (χ3n) is 3.31. The zero-order chi connectivity index (χ0) is 13.7. The van der Waals surface area contributed by atoms with Crippen LogP contribution in [0.1, 0.15) is 38.9 Å². The lowest BCUT2D eigenvalue weighted by Gasteiger charge is -2.15. The van der Waals surface area contributed by atoms with E-state index in [2.05, 4.69) is 34.4 Å². The molecular formula is C14H24N4O. The fraction of sp³-hybridized carbons (Fsp3) is 0.714. The molecule has 1 unspecified atom stereocenters. The Morgan fingerprint density at radius 3 is 2.74 bits per heavy atom. The Morgan fingerprint density at radius 1 is 1.37 bits per heavy atom. The lowest BCUT2D eigenvalue weighted by atomic mass is 10.2. The zero-order valence-corrected chi connectivity index (χ0v) is 12.1. The molecule has 2 N–H and O–H groups in total. The lowest BCUT2D eigenvalue weighted by Crippen LogP contribution is -2.19. The number of methoxy groups -OCH3 is 1. The minimum absolute atomic E-state index is 0.439. The third kappa shape index (κ3) is 4.35. The summed E-state index contributed by atoms with van der Waals surface area (Å²) in [5, 5.41) is 6.78. The van der Waals surface area contributed by atoms with Crippen molar-refractivity contribution < 1.29 is 4.74 Å². The van der Waals surface area contributed by atoms with Gasteiger partial charge in [0.1, 0.15) is 18.2 Å². The van der Waals surface area contributed by atoms with Crippen molar-refractivity contribution in [2.75, 3.05) is 24.3 Å². The van der Waals surface area contributed by atoms with Crippen LogP contribution < -0.4 is 10.6 Å². The summed E-state index contributed by atoms with van der Waals surface area (Å²) in [5.41, 5.74) is 0. The summed E-state index contributed by atoms with van der Waals surface area (Å²) in [7, 11) is 1.66. The first-order valence-electron chi connectivity index (χ1n) is 7.10. The van der Waals surface area contributed by atoms with Crippen LogP contribution in [-0.2, 0) is 11.3 Å². The Morgan fingerprint density at radius 2 is 2.11 bits per heavy atom. The van der Waals surface area contributed by atoms with Gasteiger partial charge in [0.05, 0.1) is 0 Å². The van der Waals surface area contributed by atoms with E-state index >= 15 is 0 Å². The molecule has 0 saturated heterocycles. The molecule has 1 heterocycles. The molecule has 0 spiro atoms.